The number of nitrogens with one attached hydrogen (secondary N) is 1. The number of aryl methyl sites for hydroxylation is 2. The van der Waals surface area contributed by atoms with E-state index >= 15 is 0 Å². The molecule has 0 spiro atoms. The number of fused-ring (bicyclic) bond motifs is 1. The van der Waals surface area contributed by atoms with Crippen LogP contribution in [0, 0.1) is 13.8 Å². The second kappa shape index (κ2) is 9.33. The zero-order valence-corrected chi connectivity index (χ0v) is 19.8. The summed E-state index contributed by atoms with van der Waals surface area (Å²) in [6.45, 7) is 8.26. The summed E-state index contributed by atoms with van der Waals surface area (Å²) in [6, 6.07) is 12.2. The van der Waals surface area contributed by atoms with Crippen molar-refractivity contribution in [2.45, 2.75) is 26.7 Å². The maximum Gasteiger partial charge on any atom is 0.189 e. The van der Waals surface area contributed by atoms with Crippen LogP contribution in [-0.4, -0.2) is 46.1 Å². The van der Waals surface area contributed by atoms with Crippen LogP contribution in [0.5, 0.6) is 5.75 Å². The molecule has 7 nitrogen and oxygen atoms in total. The molecule has 2 aromatic carbocycles. The van der Waals surface area contributed by atoms with Gasteiger partial charge in [-0.25, -0.2) is 15.0 Å². The molecule has 1 fully saturated rings. The van der Waals surface area contributed by atoms with E-state index in [1.165, 1.54) is 48.4 Å². The SMILES string of the molecule is Cc1cc2ncnc(-c3sc(Nc4ccc(OCCN5CCCC5)cc4)nc3N)c2cc1C. The molecule has 33 heavy (non-hydrogen) atoms. The van der Waals surface area contributed by atoms with Crippen LogP contribution < -0.4 is 15.8 Å². The van der Waals surface area contributed by atoms with Crippen LogP contribution in [0.4, 0.5) is 16.6 Å². The van der Waals surface area contributed by atoms with Crippen molar-refractivity contribution in [1.29, 1.82) is 0 Å². The number of rotatable bonds is 7. The normalized spacial score (nSPS) is 14.1. The molecule has 170 valence electrons. The molecule has 1 aliphatic heterocycles. The zero-order chi connectivity index (χ0) is 22.8. The van der Waals surface area contributed by atoms with Crippen LogP contribution in [0.1, 0.15) is 24.0 Å². The van der Waals surface area contributed by atoms with Gasteiger partial charge in [-0.15, -0.1) is 0 Å². The van der Waals surface area contributed by atoms with Gasteiger partial charge >= 0.3 is 0 Å². The molecule has 8 heteroatoms. The Bertz CT molecular complexity index is 1260. The average Bonchev–Trinajstić information content (AvgIpc) is 3.45. The molecule has 3 heterocycles. The van der Waals surface area contributed by atoms with Gasteiger partial charge in [-0.2, -0.15) is 0 Å². The van der Waals surface area contributed by atoms with Crippen LogP contribution in [0.25, 0.3) is 21.5 Å². The van der Waals surface area contributed by atoms with Crippen molar-refractivity contribution in [2.75, 3.05) is 37.3 Å². The molecule has 3 N–H and O–H groups in total. The molecular formula is C25H28N6OS. The van der Waals surface area contributed by atoms with Gasteiger partial charge in [0.25, 0.3) is 0 Å². The second-order valence-electron chi connectivity index (χ2n) is 8.46. The van der Waals surface area contributed by atoms with Crippen LogP contribution >= 0.6 is 11.3 Å². The van der Waals surface area contributed by atoms with E-state index in [0.717, 1.165) is 44.6 Å². The van der Waals surface area contributed by atoms with Crippen LogP contribution in [0.15, 0.2) is 42.7 Å². The fourth-order valence-corrected chi connectivity index (χ4v) is 5.02. The van der Waals surface area contributed by atoms with Crippen molar-refractivity contribution in [3.05, 3.63) is 53.9 Å². The highest BCUT2D eigenvalue weighted by Crippen LogP contribution is 2.38. The van der Waals surface area contributed by atoms with Crippen LogP contribution in [0.2, 0.25) is 0 Å². The zero-order valence-electron chi connectivity index (χ0n) is 19.0. The number of nitrogen functional groups attached to an aromatic ring is 1. The first-order valence-corrected chi connectivity index (χ1v) is 12.1. The number of benzene rings is 2. The predicted molar refractivity (Wildman–Crippen MR) is 135 cm³/mol. The number of nitrogens with two attached hydrogens (primary N) is 1. The molecule has 1 saturated heterocycles. The standard InChI is InChI=1S/C25H28N6OS/c1-16-13-20-21(14-17(16)2)27-15-28-22(20)23-24(26)30-25(33-23)29-18-5-7-19(8-6-18)32-12-11-31-9-3-4-10-31/h5-8,13-15H,3-4,9-12,26H2,1-2H3,(H,29,30). The highest BCUT2D eigenvalue weighted by molar-refractivity contribution is 7.19. The van der Waals surface area contributed by atoms with Gasteiger partial charge in [0.2, 0.25) is 0 Å². The largest absolute Gasteiger partial charge is 0.492 e. The maximum atomic E-state index is 6.29. The first kappa shape index (κ1) is 21.6. The summed E-state index contributed by atoms with van der Waals surface area (Å²) in [4.78, 5) is 16.8. The Morgan fingerprint density at radius 2 is 1.82 bits per heavy atom. The van der Waals surface area contributed by atoms with Gasteiger partial charge in [-0.05, 0) is 87.3 Å². The van der Waals surface area contributed by atoms with Crippen LogP contribution in [0.3, 0.4) is 0 Å². The predicted octanol–water partition coefficient (Wildman–Crippen LogP) is 5.17. The molecule has 5 rings (SSSR count). The van der Waals surface area contributed by atoms with Gasteiger partial charge in [-0.1, -0.05) is 11.3 Å². The summed E-state index contributed by atoms with van der Waals surface area (Å²) >= 11 is 1.49. The number of nitrogens with zero attached hydrogens (tertiary/aromatic N) is 4. The monoisotopic (exact) mass is 460 g/mol. The lowest BCUT2D eigenvalue weighted by molar-refractivity contribution is 0.238. The number of likely N-dealkylation sites (tertiary alicyclic amines) is 1. The van der Waals surface area contributed by atoms with Crippen LogP contribution in [-0.2, 0) is 0 Å². The topological polar surface area (TPSA) is 89.2 Å². The molecule has 0 bridgehead atoms. The van der Waals surface area contributed by atoms with Gasteiger partial charge in [0, 0.05) is 17.6 Å². The van der Waals surface area contributed by atoms with Crippen molar-refractivity contribution in [1.82, 2.24) is 19.9 Å². The lowest BCUT2D eigenvalue weighted by atomic mass is 10.0. The summed E-state index contributed by atoms with van der Waals surface area (Å²) in [5.41, 5.74) is 11.3. The molecule has 0 atom stereocenters. The van der Waals surface area contributed by atoms with Crippen molar-refractivity contribution in [3.8, 4) is 16.3 Å². The van der Waals surface area contributed by atoms with E-state index in [0.29, 0.717) is 12.4 Å². The summed E-state index contributed by atoms with van der Waals surface area (Å²) in [5, 5.41) is 5.06. The minimum absolute atomic E-state index is 0.461. The molecule has 4 aromatic rings. The Morgan fingerprint density at radius 3 is 2.61 bits per heavy atom. The van der Waals surface area contributed by atoms with Gasteiger partial charge in [-0.3, -0.25) is 4.90 Å². The Labute approximate surface area is 197 Å². The third kappa shape index (κ3) is 4.77. The highest BCUT2D eigenvalue weighted by Gasteiger charge is 2.16. The summed E-state index contributed by atoms with van der Waals surface area (Å²) in [7, 11) is 0. The minimum Gasteiger partial charge on any atom is -0.492 e. The first-order valence-electron chi connectivity index (χ1n) is 11.3. The van der Waals surface area contributed by atoms with E-state index in [1.807, 2.05) is 24.3 Å². The van der Waals surface area contributed by atoms with Gasteiger partial charge in [0.05, 0.1) is 16.1 Å². The molecule has 1 aliphatic rings. The third-order valence-corrected chi connectivity index (χ3v) is 7.09. The molecule has 0 amide bonds. The fourth-order valence-electron chi connectivity index (χ4n) is 4.11. The van der Waals surface area contributed by atoms with Crippen molar-refractivity contribution < 1.29 is 4.74 Å². The lowest BCUT2D eigenvalue weighted by Crippen LogP contribution is -2.25. The van der Waals surface area contributed by atoms with Gasteiger partial charge in [0.15, 0.2) is 5.13 Å². The lowest BCUT2D eigenvalue weighted by Gasteiger charge is -2.15. The number of hydrogen-bond acceptors (Lipinski definition) is 8. The molecule has 0 unspecified atom stereocenters. The quantitative estimate of drug-likeness (QED) is 0.393. The van der Waals surface area contributed by atoms with Crippen molar-refractivity contribution in [2.24, 2.45) is 0 Å². The average molecular weight is 461 g/mol. The fraction of sp³-hybridized carbons (Fsp3) is 0.320. The highest BCUT2D eigenvalue weighted by atomic mass is 32.1. The van der Waals surface area contributed by atoms with E-state index in [4.69, 9.17) is 10.5 Å². The first-order chi connectivity index (χ1) is 16.1. The van der Waals surface area contributed by atoms with E-state index in [9.17, 15) is 0 Å². The van der Waals surface area contributed by atoms with E-state index < -0.39 is 0 Å². The number of ether oxygens (including phenoxy) is 1. The number of anilines is 3. The molecular weight excluding hydrogens is 432 g/mol. The van der Waals surface area contributed by atoms with Crippen molar-refractivity contribution in [3.63, 3.8) is 0 Å². The van der Waals surface area contributed by atoms with Gasteiger partial charge < -0.3 is 15.8 Å². The molecule has 2 aromatic heterocycles. The Balaban J connectivity index is 1.29. The molecule has 0 radical (unpaired) electrons. The number of aromatic nitrogens is 3. The van der Waals surface area contributed by atoms with Crippen molar-refractivity contribution >= 4 is 38.9 Å². The maximum absolute atomic E-state index is 6.29. The van der Waals surface area contributed by atoms with Gasteiger partial charge in [0.1, 0.15) is 24.5 Å². The van der Waals surface area contributed by atoms with E-state index in [2.05, 4.69) is 51.1 Å². The summed E-state index contributed by atoms with van der Waals surface area (Å²) < 4.78 is 5.90. The Kier molecular flexibility index (Phi) is 6.11. The number of thiazole rings is 1. The molecule has 0 aliphatic carbocycles. The Morgan fingerprint density at radius 1 is 1.06 bits per heavy atom. The number of hydrogen-bond donors (Lipinski definition) is 2. The molecule has 0 saturated carbocycles. The summed E-state index contributed by atoms with van der Waals surface area (Å²) in [5.74, 6) is 1.33. The van der Waals surface area contributed by atoms with E-state index in [1.54, 1.807) is 6.33 Å². The van der Waals surface area contributed by atoms with E-state index in [-0.39, 0.29) is 0 Å². The Hall–Kier alpha value is -3.23. The smallest absolute Gasteiger partial charge is 0.189 e. The summed E-state index contributed by atoms with van der Waals surface area (Å²) in [6.07, 6.45) is 4.19. The second-order valence-corrected chi connectivity index (χ2v) is 9.45. The third-order valence-electron chi connectivity index (χ3n) is 6.10. The minimum atomic E-state index is 0.461.